The second-order valence-corrected chi connectivity index (χ2v) is 8.50. The topological polar surface area (TPSA) is 117 Å². The number of guanidine groups is 1. The molecule has 0 bridgehead atoms. The van der Waals surface area contributed by atoms with Crippen molar-refractivity contribution in [2.75, 3.05) is 13.1 Å². The molecule has 0 aliphatic heterocycles. The maximum Gasteiger partial charge on any atom is 0.238 e. The summed E-state index contributed by atoms with van der Waals surface area (Å²) in [6.45, 7) is 4.90. The van der Waals surface area contributed by atoms with Crippen LogP contribution >= 0.6 is 11.3 Å². The van der Waals surface area contributed by atoms with E-state index in [4.69, 9.17) is 5.14 Å². The number of thiophene rings is 1. The second-order valence-electron chi connectivity index (χ2n) is 5.99. The highest BCUT2D eigenvalue weighted by atomic mass is 32.2. The molecule has 0 fully saturated rings. The molecule has 5 N–H and O–H groups in total. The molecule has 1 atom stereocenters. The molecule has 2 rings (SSSR count). The zero-order valence-corrected chi connectivity index (χ0v) is 16.4. The van der Waals surface area contributed by atoms with Crippen LogP contribution in [0.4, 0.5) is 0 Å². The minimum absolute atomic E-state index is 0.0591. The van der Waals surface area contributed by atoms with Crippen molar-refractivity contribution in [2.45, 2.75) is 30.9 Å². The van der Waals surface area contributed by atoms with Crippen LogP contribution in [-0.2, 0) is 22.2 Å². The van der Waals surface area contributed by atoms with E-state index in [2.05, 4.69) is 15.6 Å². The van der Waals surface area contributed by atoms with Crippen LogP contribution in [0.1, 0.15) is 24.3 Å². The Kier molecular flexibility index (Phi) is 6.76. The number of hydrogen-bond donors (Lipinski definition) is 4. The first kappa shape index (κ1) is 20.4. The summed E-state index contributed by atoms with van der Waals surface area (Å²) in [5, 5.41) is 23.9. The normalized spacial score (nSPS) is 14.7. The van der Waals surface area contributed by atoms with Crippen LogP contribution in [0.3, 0.4) is 0 Å². The van der Waals surface area contributed by atoms with E-state index in [1.807, 2.05) is 24.4 Å². The SMILES string of the molecule is CCNC(=NCc1cccc(S(N)(=O)=O)c1)NCC(C)(O)c1cccs1. The number of aliphatic imine (C=N–C) groups is 1. The number of nitrogens with one attached hydrogen (secondary N) is 2. The molecular formula is C17H24N4O3S2. The van der Waals surface area contributed by atoms with Gasteiger partial charge in [-0.1, -0.05) is 18.2 Å². The zero-order chi connectivity index (χ0) is 19.2. The van der Waals surface area contributed by atoms with Gasteiger partial charge < -0.3 is 15.7 Å². The van der Waals surface area contributed by atoms with Crippen molar-refractivity contribution in [3.8, 4) is 0 Å². The number of sulfonamides is 1. The Morgan fingerprint density at radius 1 is 1.31 bits per heavy atom. The Morgan fingerprint density at radius 3 is 2.69 bits per heavy atom. The fraction of sp³-hybridized carbons (Fsp3) is 0.353. The van der Waals surface area contributed by atoms with E-state index in [1.165, 1.54) is 23.5 Å². The number of nitrogens with zero attached hydrogens (tertiary/aromatic N) is 1. The van der Waals surface area contributed by atoms with E-state index in [1.54, 1.807) is 19.1 Å². The molecule has 0 aliphatic rings. The Balaban J connectivity index is 2.07. The molecule has 0 aliphatic carbocycles. The van der Waals surface area contributed by atoms with E-state index >= 15 is 0 Å². The molecule has 0 saturated carbocycles. The van der Waals surface area contributed by atoms with Gasteiger partial charge >= 0.3 is 0 Å². The Labute approximate surface area is 158 Å². The fourth-order valence-corrected chi connectivity index (χ4v) is 3.63. The van der Waals surface area contributed by atoms with Gasteiger partial charge in [0.2, 0.25) is 10.0 Å². The molecule has 1 unspecified atom stereocenters. The first-order chi connectivity index (χ1) is 12.2. The van der Waals surface area contributed by atoms with Crippen LogP contribution < -0.4 is 15.8 Å². The molecule has 1 aromatic carbocycles. The first-order valence-electron chi connectivity index (χ1n) is 8.12. The quantitative estimate of drug-likeness (QED) is 0.416. The lowest BCUT2D eigenvalue weighted by Crippen LogP contribution is -2.44. The van der Waals surface area contributed by atoms with Gasteiger partial charge in [-0.25, -0.2) is 18.5 Å². The summed E-state index contributed by atoms with van der Waals surface area (Å²) in [5.41, 5.74) is -0.295. The summed E-state index contributed by atoms with van der Waals surface area (Å²) in [6.07, 6.45) is 0. The van der Waals surface area contributed by atoms with Crippen LogP contribution in [0.2, 0.25) is 0 Å². The van der Waals surface area contributed by atoms with Crippen molar-refractivity contribution < 1.29 is 13.5 Å². The molecule has 9 heteroatoms. The van der Waals surface area contributed by atoms with Gasteiger partial charge in [-0.15, -0.1) is 11.3 Å². The van der Waals surface area contributed by atoms with Crippen LogP contribution in [-0.4, -0.2) is 32.6 Å². The lowest BCUT2D eigenvalue weighted by molar-refractivity contribution is 0.0655. The molecule has 0 amide bonds. The Morgan fingerprint density at radius 2 is 2.08 bits per heavy atom. The Bertz CT molecular complexity index is 847. The molecule has 1 heterocycles. The molecule has 2 aromatic rings. The number of nitrogens with two attached hydrogens (primary N) is 1. The lowest BCUT2D eigenvalue weighted by Gasteiger charge is -2.23. The van der Waals surface area contributed by atoms with Crippen LogP contribution in [0.15, 0.2) is 51.7 Å². The molecule has 7 nitrogen and oxygen atoms in total. The molecule has 0 radical (unpaired) electrons. The van der Waals surface area contributed by atoms with Crippen molar-refractivity contribution in [1.82, 2.24) is 10.6 Å². The Hall–Kier alpha value is -1.94. The van der Waals surface area contributed by atoms with Crippen molar-refractivity contribution in [3.63, 3.8) is 0 Å². The largest absolute Gasteiger partial charge is 0.383 e. The number of rotatable bonds is 7. The predicted molar refractivity (Wildman–Crippen MR) is 105 cm³/mol. The fourth-order valence-electron chi connectivity index (χ4n) is 2.26. The van der Waals surface area contributed by atoms with Crippen LogP contribution in [0.25, 0.3) is 0 Å². The van der Waals surface area contributed by atoms with Gasteiger partial charge in [0.25, 0.3) is 0 Å². The minimum Gasteiger partial charge on any atom is -0.383 e. The van der Waals surface area contributed by atoms with E-state index in [9.17, 15) is 13.5 Å². The van der Waals surface area contributed by atoms with Gasteiger partial charge in [-0.3, -0.25) is 0 Å². The summed E-state index contributed by atoms with van der Waals surface area (Å²) in [6, 6.07) is 10.1. The highest BCUT2D eigenvalue weighted by Gasteiger charge is 2.24. The minimum atomic E-state index is -3.74. The van der Waals surface area contributed by atoms with E-state index in [-0.39, 0.29) is 18.0 Å². The van der Waals surface area contributed by atoms with Gasteiger partial charge in [0.15, 0.2) is 5.96 Å². The van der Waals surface area contributed by atoms with E-state index < -0.39 is 15.6 Å². The molecule has 0 saturated heterocycles. The maximum absolute atomic E-state index is 11.4. The number of hydrogen-bond acceptors (Lipinski definition) is 5. The summed E-state index contributed by atoms with van der Waals surface area (Å²) in [7, 11) is -3.74. The summed E-state index contributed by atoms with van der Waals surface area (Å²) >= 11 is 1.49. The van der Waals surface area contributed by atoms with Gasteiger partial charge in [0.1, 0.15) is 5.60 Å². The number of primary sulfonamides is 1. The lowest BCUT2D eigenvalue weighted by atomic mass is 10.1. The van der Waals surface area contributed by atoms with Crippen LogP contribution in [0.5, 0.6) is 0 Å². The first-order valence-corrected chi connectivity index (χ1v) is 10.6. The summed E-state index contributed by atoms with van der Waals surface area (Å²) in [4.78, 5) is 5.36. The van der Waals surface area contributed by atoms with Crippen molar-refractivity contribution in [2.24, 2.45) is 10.1 Å². The highest BCUT2D eigenvalue weighted by Crippen LogP contribution is 2.24. The summed E-state index contributed by atoms with van der Waals surface area (Å²) < 4.78 is 22.9. The van der Waals surface area contributed by atoms with E-state index in [0.29, 0.717) is 12.5 Å². The van der Waals surface area contributed by atoms with Crippen molar-refractivity contribution in [3.05, 3.63) is 52.2 Å². The third-order valence-corrected chi connectivity index (χ3v) is 5.68. The number of aliphatic hydroxyl groups is 1. The molecule has 1 aromatic heterocycles. The molecule has 26 heavy (non-hydrogen) atoms. The third kappa shape index (κ3) is 5.80. The second kappa shape index (κ2) is 8.63. The molecular weight excluding hydrogens is 372 g/mol. The van der Waals surface area contributed by atoms with Crippen LogP contribution in [0, 0.1) is 0 Å². The monoisotopic (exact) mass is 396 g/mol. The number of benzene rings is 1. The highest BCUT2D eigenvalue weighted by molar-refractivity contribution is 7.89. The van der Waals surface area contributed by atoms with Crippen molar-refractivity contribution >= 4 is 27.3 Å². The smallest absolute Gasteiger partial charge is 0.238 e. The summed E-state index contributed by atoms with van der Waals surface area (Å²) in [5.74, 6) is 0.533. The molecule has 0 spiro atoms. The molecule has 142 valence electrons. The predicted octanol–water partition coefficient (Wildman–Crippen LogP) is 1.36. The average molecular weight is 397 g/mol. The maximum atomic E-state index is 11.4. The van der Waals surface area contributed by atoms with Gasteiger partial charge in [0, 0.05) is 11.4 Å². The zero-order valence-electron chi connectivity index (χ0n) is 14.8. The van der Waals surface area contributed by atoms with Crippen molar-refractivity contribution in [1.29, 1.82) is 0 Å². The standard InChI is InChI=1S/C17H24N4O3S2/c1-3-19-16(21-12-17(2,22)15-8-5-9-25-15)20-11-13-6-4-7-14(10-13)26(18,23)24/h4-10,22H,3,11-12H2,1-2H3,(H2,18,23,24)(H2,19,20,21). The van der Waals surface area contributed by atoms with Gasteiger partial charge in [-0.2, -0.15) is 0 Å². The average Bonchev–Trinajstić information content (AvgIpc) is 3.12. The third-order valence-electron chi connectivity index (χ3n) is 3.64. The van der Waals surface area contributed by atoms with Gasteiger partial charge in [-0.05, 0) is 43.0 Å². The van der Waals surface area contributed by atoms with Gasteiger partial charge in [0.05, 0.1) is 18.0 Å². The van der Waals surface area contributed by atoms with E-state index in [0.717, 1.165) is 10.4 Å².